The molecule has 0 aromatic heterocycles. The number of aliphatic hydroxyl groups is 1. The maximum absolute atomic E-state index is 12.7. The van der Waals surface area contributed by atoms with Gasteiger partial charge in [0.05, 0.1) is 12.7 Å². The Morgan fingerprint density at radius 1 is 0.556 bits per heavy atom. The average Bonchev–Trinajstić information content (AvgIpc) is 3.01. The number of rotatable bonds is 35. The number of aliphatic hydroxyl groups excluding tert-OH is 1. The summed E-state index contributed by atoms with van der Waals surface area (Å²) in [5, 5.41) is 10.0. The van der Waals surface area contributed by atoms with Gasteiger partial charge in [0.2, 0.25) is 0 Å². The Bertz CT molecular complexity index is 625. The lowest BCUT2D eigenvalue weighted by Gasteiger charge is -2.24. The summed E-state index contributed by atoms with van der Waals surface area (Å²) in [7, 11) is 0. The molecule has 0 fully saturated rings. The predicted octanol–water partition coefficient (Wildman–Crippen LogP) is 10.7. The summed E-state index contributed by atoms with van der Waals surface area (Å²) < 4.78 is 11.3. The number of carbonyl (C=O) groups is 2. The van der Waals surface area contributed by atoms with Gasteiger partial charge in [-0.05, 0) is 77.8 Å². The van der Waals surface area contributed by atoms with Crippen molar-refractivity contribution in [1.82, 2.24) is 4.90 Å². The fourth-order valence-corrected chi connectivity index (χ4v) is 6.01. The number of esters is 2. The fourth-order valence-electron chi connectivity index (χ4n) is 6.01. The summed E-state index contributed by atoms with van der Waals surface area (Å²) in [5.41, 5.74) is 0. The molecule has 0 spiro atoms. The average molecular weight is 640 g/mol. The highest BCUT2D eigenvalue weighted by Crippen LogP contribution is 2.18. The smallest absolute Gasteiger partial charge is 0.306 e. The number of unbranched alkanes of at least 4 members (excludes halogenated alkanes) is 18. The number of ether oxygens (including phenoxy) is 2. The van der Waals surface area contributed by atoms with Crippen LogP contribution in [0, 0.1) is 0 Å². The maximum atomic E-state index is 12.7. The Morgan fingerprint density at radius 3 is 1.53 bits per heavy atom. The minimum Gasteiger partial charge on any atom is -0.466 e. The summed E-state index contributed by atoms with van der Waals surface area (Å²) in [6.07, 6.45) is 29.7. The van der Waals surface area contributed by atoms with Crippen LogP contribution in [0.3, 0.4) is 0 Å². The van der Waals surface area contributed by atoms with Crippen LogP contribution < -0.4 is 0 Å². The second-order valence-corrected chi connectivity index (χ2v) is 13.6. The van der Waals surface area contributed by atoms with Crippen LogP contribution >= 0.6 is 0 Å². The first-order valence-corrected chi connectivity index (χ1v) is 19.7. The van der Waals surface area contributed by atoms with Gasteiger partial charge in [-0.25, -0.2) is 0 Å². The quantitative estimate of drug-likeness (QED) is 0.0549. The van der Waals surface area contributed by atoms with Gasteiger partial charge in [0, 0.05) is 19.4 Å². The van der Waals surface area contributed by atoms with Gasteiger partial charge in [0.15, 0.2) is 0 Å². The maximum Gasteiger partial charge on any atom is 0.306 e. The normalized spacial score (nSPS) is 12.2. The second kappa shape index (κ2) is 34.2. The summed E-state index contributed by atoms with van der Waals surface area (Å²) in [4.78, 5) is 26.9. The monoisotopic (exact) mass is 640 g/mol. The van der Waals surface area contributed by atoms with E-state index in [1.807, 2.05) is 6.92 Å². The van der Waals surface area contributed by atoms with Crippen LogP contribution in [0.2, 0.25) is 0 Å². The molecule has 0 unspecified atom stereocenters. The second-order valence-electron chi connectivity index (χ2n) is 13.6. The van der Waals surface area contributed by atoms with Crippen LogP contribution in [-0.4, -0.2) is 60.4 Å². The van der Waals surface area contributed by atoms with Crippen LogP contribution in [0.15, 0.2) is 0 Å². The summed E-state index contributed by atoms with van der Waals surface area (Å²) >= 11 is 0. The van der Waals surface area contributed by atoms with Crippen LogP contribution in [0.5, 0.6) is 0 Å². The molecule has 1 N–H and O–H groups in total. The number of nitrogens with zero attached hydrogens (tertiary/aromatic N) is 1. The first kappa shape index (κ1) is 43.9. The Hall–Kier alpha value is -1.14. The highest BCUT2D eigenvalue weighted by molar-refractivity contribution is 5.69. The van der Waals surface area contributed by atoms with Gasteiger partial charge >= 0.3 is 11.9 Å². The van der Waals surface area contributed by atoms with Gasteiger partial charge in [0.25, 0.3) is 0 Å². The minimum absolute atomic E-state index is 0.0243. The third-order valence-electron chi connectivity index (χ3n) is 8.80. The molecule has 0 rings (SSSR count). The van der Waals surface area contributed by atoms with E-state index in [-0.39, 0.29) is 24.1 Å². The zero-order chi connectivity index (χ0) is 33.2. The summed E-state index contributed by atoms with van der Waals surface area (Å²) in [5.74, 6) is -0.0712. The Morgan fingerprint density at radius 2 is 0.978 bits per heavy atom. The molecule has 0 aromatic carbocycles. The minimum atomic E-state index is -0.346. The third-order valence-corrected chi connectivity index (χ3v) is 8.80. The van der Waals surface area contributed by atoms with Crippen LogP contribution in [0.25, 0.3) is 0 Å². The van der Waals surface area contributed by atoms with Crippen LogP contribution in [0.1, 0.15) is 201 Å². The molecule has 0 radical (unpaired) electrons. The molecule has 6 heteroatoms. The third kappa shape index (κ3) is 32.6. The van der Waals surface area contributed by atoms with Crippen molar-refractivity contribution in [2.75, 3.05) is 26.2 Å². The molecule has 0 bridgehead atoms. The van der Waals surface area contributed by atoms with E-state index in [4.69, 9.17) is 9.47 Å². The van der Waals surface area contributed by atoms with E-state index in [2.05, 4.69) is 25.7 Å². The topological polar surface area (TPSA) is 76.1 Å². The Labute approximate surface area is 280 Å². The SMILES string of the molecule is CCCCCCCCC(CCCCCCCC)OC(=O)CCCCN(CCCCCCCCC(=O)OCCCCC)C[C@@H](C)O. The molecule has 1 atom stereocenters. The molecular weight excluding hydrogens is 562 g/mol. The zero-order valence-electron chi connectivity index (χ0n) is 30.6. The molecule has 0 aromatic rings. The van der Waals surface area contributed by atoms with Crippen molar-refractivity contribution < 1.29 is 24.2 Å². The zero-order valence-corrected chi connectivity index (χ0v) is 30.6. The van der Waals surface area contributed by atoms with Crippen LogP contribution in [-0.2, 0) is 19.1 Å². The molecule has 0 aliphatic carbocycles. The van der Waals surface area contributed by atoms with Crippen molar-refractivity contribution in [2.45, 2.75) is 213 Å². The molecule has 6 nitrogen and oxygen atoms in total. The molecule has 0 saturated heterocycles. The highest BCUT2D eigenvalue weighted by atomic mass is 16.5. The van der Waals surface area contributed by atoms with E-state index in [0.29, 0.717) is 26.0 Å². The van der Waals surface area contributed by atoms with Crippen molar-refractivity contribution in [2.24, 2.45) is 0 Å². The lowest BCUT2D eigenvalue weighted by molar-refractivity contribution is -0.150. The summed E-state index contributed by atoms with van der Waals surface area (Å²) in [6.45, 7) is 11.7. The van der Waals surface area contributed by atoms with Crippen molar-refractivity contribution in [3.05, 3.63) is 0 Å². The molecule has 268 valence electrons. The van der Waals surface area contributed by atoms with Gasteiger partial charge in [-0.1, -0.05) is 124 Å². The van der Waals surface area contributed by atoms with Crippen molar-refractivity contribution >= 4 is 11.9 Å². The van der Waals surface area contributed by atoms with E-state index in [0.717, 1.165) is 83.7 Å². The first-order valence-electron chi connectivity index (χ1n) is 19.7. The number of hydrogen-bond donors (Lipinski definition) is 1. The van der Waals surface area contributed by atoms with E-state index in [1.54, 1.807) is 0 Å². The Balaban J connectivity index is 4.21. The molecule has 0 heterocycles. The Kier molecular flexibility index (Phi) is 33.3. The molecular formula is C39H77NO5. The molecule has 0 aliphatic rings. The van der Waals surface area contributed by atoms with Gasteiger partial charge < -0.3 is 19.5 Å². The van der Waals surface area contributed by atoms with Gasteiger partial charge in [-0.15, -0.1) is 0 Å². The molecule has 0 saturated carbocycles. The number of carbonyl (C=O) groups excluding carboxylic acids is 2. The standard InChI is InChI=1S/C39H77NO5/c1-5-8-11-13-17-21-28-37(29-22-18-14-12-9-6-2)45-39(43)31-24-26-33-40(35-36(4)41)32-25-20-16-15-19-23-30-38(42)44-34-27-10-7-3/h36-37,41H,5-35H2,1-4H3/t36-/m1/s1. The van der Waals surface area contributed by atoms with Crippen LogP contribution in [0.4, 0.5) is 0 Å². The first-order chi connectivity index (χ1) is 21.9. The van der Waals surface area contributed by atoms with Gasteiger partial charge in [0.1, 0.15) is 6.10 Å². The largest absolute Gasteiger partial charge is 0.466 e. The molecule has 0 amide bonds. The lowest BCUT2D eigenvalue weighted by Crippen LogP contribution is -2.33. The fraction of sp³-hybridized carbons (Fsp3) is 0.949. The van der Waals surface area contributed by atoms with Gasteiger partial charge in [-0.2, -0.15) is 0 Å². The number of hydrogen-bond acceptors (Lipinski definition) is 6. The van der Waals surface area contributed by atoms with E-state index in [1.165, 1.54) is 89.9 Å². The molecule has 45 heavy (non-hydrogen) atoms. The highest BCUT2D eigenvalue weighted by Gasteiger charge is 2.15. The van der Waals surface area contributed by atoms with Crippen molar-refractivity contribution in [1.29, 1.82) is 0 Å². The van der Waals surface area contributed by atoms with E-state index >= 15 is 0 Å². The summed E-state index contributed by atoms with van der Waals surface area (Å²) in [6, 6.07) is 0. The van der Waals surface area contributed by atoms with E-state index in [9.17, 15) is 14.7 Å². The van der Waals surface area contributed by atoms with Gasteiger partial charge in [-0.3, -0.25) is 9.59 Å². The molecule has 0 aliphatic heterocycles. The lowest BCUT2D eigenvalue weighted by atomic mass is 10.0. The van der Waals surface area contributed by atoms with E-state index < -0.39 is 0 Å². The van der Waals surface area contributed by atoms with Crippen molar-refractivity contribution in [3.63, 3.8) is 0 Å². The predicted molar refractivity (Wildman–Crippen MR) is 191 cm³/mol. The van der Waals surface area contributed by atoms with Crippen molar-refractivity contribution in [3.8, 4) is 0 Å².